The Morgan fingerprint density at radius 1 is 1.55 bits per heavy atom. The van der Waals surface area contributed by atoms with Crippen molar-refractivity contribution in [2.45, 2.75) is 31.5 Å². The Bertz CT molecular complexity index is 187. The summed E-state index contributed by atoms with van der Waals surface area (Å²) in [5, 5.41) is 18.0. The van der Waals surface area contributed by atoms with Gasteiger partial charge in [-0.3, -0.25) is 0 Å². The first-order valence-electron chi connectivity index (χ1n) is 3.45. The molecule has 2 N–H and O–H groups in total. The Kier molecular flexibility index (Phi) is 1.69. The number of carboxylic acid groups (broad SMARTS) is 1. The molecule has 0 aromatic carbocycles. The molecule has 0 amide bonds. The summed E-state index contributed by atoms with van der Waals surface area (Å²) in [6, 6.07) is 0. The zero-order chi connectivity index (χ0) is 8.70. The maximum atomic E-state index is 10.5. The van der Waals surface area contributed by atoms with Crippen LogP contribution in [-0.4, -0.2) is 34.0 Å². The number of hydrogen-bond acceptors (Lipinski definition) is 3. The van der Waals surface area contributed by atoms with Crippen molar-refractivity contribution in [3.8, 4) is 0 Å². The quantitative estimate of drug-likeness (QED) is 0.566. The molecule has 1 heterocycles. The highest BCUT2D eigenvalue weighted by Gasteiger charge is 2.48. The summed E-state index contributed by atoms with van der Waals surface area (Å²) in [4.78, 5) is 10.5. The Morgan fingerprint density at radius 2 is 2.09 bits per heavy atom. The van der Waals surface area contributed by atoms with Crippen molar-refractivity contribution in [3.63, 3.8) is 0 Å². The van der Waals surface area contributed by atoms with Gasteiger partial charge in [0.25, 0.3) is 0 Å². The second-order valence-electron chi connectivity index (χ2n) is 3.56. The Morgan fingerprint density at radius 3 is 2.27 bits per heavy atom. The van der Waals surface area contributed by atoms with Gasteiger partial charge in [0.15, 0.2) is 5.60 Å². The molecule has 0 saturated carbocycles. The molecule has 0 aromatic rings. The molecule has 1 fully saturated rings. The lowest BCUT2D eigenvalue weighted by Crippen LogP contribution is -2.39. The predicted molar refractivity (Wildman–Crippen MR) is 37.2 cm³/mol. The third-order valence-corrected chi connectivity index (χ3v) is 1.82. The molecule has 1 atom stereocenters. The first kappa shape index (κ1) is 8.49. The zero-order valence-corrected chi connectivity index (χ0v) is 6.63. The SMILES string of the molecule is CC1(C)C[C@@](O)(C(=O)O)CO1. The number of aliphatic hydroxyl groups is 1. The van der Waals surface area contributed by atoms with Gasteiger partial charge in [-0.15, -0.1) is 0 Å². The third-order valence-electron chi connectivity index (χ3n) is 1.82. The fraction of sp³-hybridized carbons (Fsp3) is 0.857. The summed E-state index contributed by atoms with van der Waals surface area (Å²) in [6.07, 6.45) is 0.148. The number of carboxylic acids is 1. The van der Waals surface area contributed by atoms with Gasteiger partial charge in [-0.25, -0.2) is 4.79 Å². The molecule has 0 aliphatic carbocycles. The Labute approximate surface area is 64.8 Å². The zero-order valence-electron chi connectivity index (χ0n) is 6.63. The van der Waals surface area contributed by atoms with Crippen LogP contribution in [0.15, 0.2) is 0 Å². The van der Waals surface area contributed by atoms with Crippen molar-refractivity contribution >= 4 is 5.97 Å². The molecule has 0 unspecified atom stereocenters. The van der Waals surface area contributed by atoms with Crippen LogP contribution in [0.1, 0.15) is 20.3 Å². The van der Waals surface area contributed by atoms with E-state index in [1.165, 1.54) is 0 Å². The molecule has 1 rings (SSSR count). The van der Waals surface area contributed by atoms with E-state index in [9.17, 15) is 9.90 Å². The summed E-state index contributed by atoms with van der Waals surface area (Å²) in [5.74, 6) is -1.21. The highest BCUT2D eigenvalue weighted by atomic mass is 16.5. The van der Waals surface area contributed by atoms with Gasteiger partial charge in [-0.1, -0.05) is 0 Å². The minimum Gasteiger partial charge on any atom is -0.479 e. The first-order valence-corrected chi connectivity index (χ1v) is 3.45. The maximum Gasteiger partial charge on any atom is 0.338 e. The average Bonchev–Trinajstić information content (AvgIpc) is 2.08. The molecular formula is C7H12O4. The van der Waals surface area contributed by atoms with Crippen LogP contribution >= 0.6 is 0 Å². The molecule has 4 nitrogen and oxygen atoms in total. The third kappa shape index (κ3) is 1.52. The van der Waals surface area contributed by atoms with Gasteiger partial charge in [-0.2, -0.15) is 0 Å². The molecule has 0 spiro atoms. The van der Waals surface area contributed by atoms with E-state index in [1.807, 2.05) is 0 Å². The van der Waals surface area contributed by atoms with Gasteiger partial charge in [-0.05, 0) is 13.8 Å². The molecular weight excluding hydrogens is 148 g/mol. The number of aliphatic carboxylic acids is 1. The van der Waals surface area contributed by atoms with E-state index in [0.717, 1.165) is 0 Å². The minimum absolute atomic E-state index is 0.116. The van der Waals surface area contributed by atoms with Crippen LogP contribution in [0.4, 0.5) is 0 Å². The van der Waals surface area contributed by atoms with Crippen LogP contribution in [0.3, 0.4) is 0 Å². The highest BCUT2D eigenvalue weighted by molar-refractivity contribution is 5.77. The van der Waals surface area contributed by atoms with Gasteiger partial charge in [0, 0.05) is 6.42 Å². The summed E-state index contributed by atoms with van der Waals surface area (Å²) in [6.45, 7) is 3.40. The average molecular weight is 160 g/mol. The second kappa shape index (κ2) is 2.19. The molecule has 0 radical (unpaired) electrons. The van der Waals surface area contributed by atoms with Crippen LogP contribution < -0.4 is 0 Å². The van der Waals surface area contributed by atoms with Crippen molar-refractivity contribution in [2.75, 3.05) is 6.61 Å². The second-order valence-corrected chi connectivity index (χ2v) is 3.56. The van der Waals surface area contributed by atoms with E-state index in [-0.39, 0.29) is 13.0 Å². The standard InChI is InChI=1S/C7H12O4/c1-6(2)3-7(10,4-11-6)5(8)9/h10H,3-4H2,1-2H3,(H,8,9)/t7-/m0/s1. The fourth-order valence-electron chi connectivity index (χ4n) is 1.26. The van der Waals surface area contributed by atoms with E-state index < -0.39 is 17.2 Å². The predicted octanol–water partition coefficient (Wildman–Crippen LogP) is 0.00100. The normalized spacial score (nSPS) is 35.5. The lowest BCUT2D eigenvalue weighted by Gasteiger charge is -2.17. The molecule has 4 heteroatoms. The van der Waals surface area contributed by atoms with E-state index in [4.69, 9.17) is 9.84 Å². The van der Waals surface area contributed by atoms with E-state index in [1.54, 1.807) is 13.8 Å². The molecule has 1 aliphatic heterocycles. The molecule has 64 valence electrons. The Balaban J connectivity index is 2.73. The van der Waals surface area contributed by atoms with E-state index >= 15 is 0 Å². The van der Waals surface area contributed by atoms with Crippen molar-refractivity contribution in [3.05, 3.63) is 0 Å². The van der Waals surface area contributed by atoms with Crippen molar-refractivity contribution < 1.29 is 19.7 Å². The number of ether oxygens (including phenoxy) is 1. The number of hydrogen-bond donors (Lipinski definition) is 2. The lowest BCUT2D eigenvalue weighted by atomic mass is 9.94. The van der Waals surface area contributed by atoms with Gasteiger partial charge < -0.3 is 14.9 Å². The smallest absolute Gasteiger partial charge is 0.338 e. The van der Waals surface area contributed by atoms with Crippen molar-refractivity contribution in [1.82, 2.24) is 0 Å². The van der Waals surface area contributed by atoms with Crippen LogP contribution in [0.5, 0.6) is 0 Å². The molecule has 11 heavy (non-hydrogen) atoms. The van der Waals surface area contributed by atoms with Crippen LogP contribution in [0.25, 0.3) is 0 Å². The lowest BCUT2D eigenvalue weighted by molar-refractivity contribution is -0.158. The Hall–Kier alpha value is -0.610. The van der Waals surface area contributed by atoms with Gasteiger partial charge >= 0.3 is 5.97 Å². The summed E-state index contributed by atoms with van der Waals surface area (Å²) < 4.78 is 5.09. The maximum absolute atomic E-state index is 10.5. The van der Waals surface area contributed by atoms with E-state index in [2.05, 4.69) is 0 Å². The largest absolute Gasteiger partial charge is 0.479 e. The summed E-state index contributed by atoms with van der Waals surface area (Å²) in [7, 11) is 0. The van der Waals surface area contributed by atoms with Crippen LogP contribution in [-0.2, 0) is 9.53 Å². The number of carbonyl (C=O) groups is 1. The minimum atomic E-state index is -1.68. The topological polar surface area (TPSA) is 66.8 Å². The first-order chi connectivity index (χ1) is 4.86. The van der Waals surface area contributed by atoms with Crippen molar-refractivity contribution in [1.29, 1.82) is 0 Å². The molecule has 0 aromatic heterocycles. The number of rotatable bonds is 1. The highest BCUT2D eigenvalue weighted by Crippen LogP contribution is 2.32. The molecule has 1 saturated heterocycles. The summed E-state index contributed by atoms with van der Waals surface area (Å²) in [5.41, 5.74) is -2.20. The monoisotopic (exact) mass is 160 g/mol. The van der Waals surface area contributed by atoms with Crippen molar-refractivity contribution in [2.24, 2.45) is 0 Å². The molecule has 1 aliphatic rings. The van der Waals surface area contributed by atoms with Crippen LogP contribution in [0, 0.1) is 0 Å². The van der Waals surface area contributed by atoms with Crippen LogP contribution in [0.2, 0.25) is 0 Å². The fourth-order valence-corrected chi connectivity index (χ4v) is 1.26. The van der Waals surface area contributed by atoms with Gasteiger partial charge in [0.2, 0.25) is 0 Å². The summed E-state index contributed by atoms with van der Waals surface area (Å²) >= 11 is 0. The van der Waals surface area contributed by atoms with E-state index in [0.29, 0.717) is 0 Å². The van der Waals surface area contributed by atoms with Gasteiger partial charge in [0.05, 0.1) is 12.2 Å². The van der Waals surface area contributed by atoms with Gasteiger partial charge in [0.1, 0.15) is 0 Å². The molecule has 0 bridgehead atoms.